The highest BCUT2D eigenvalue weighted by Gasteiger charge is 2.15. The molecule has 6 nitrogen and oxygen atoms in total. The molecule has 0 radical (unpaired) electrons. The fourth-order valence-corrected chi connectivity index (χ4v) is 2.93. The van der Waals surface area contributed by atoms with Gasteiger partial charge in [-0.25, -0.2) is 0 Å². The lowest BCUT2D eigenvalue weighted by Crippen LogP contribution is -2.27. The molecule has 1 heterocycles. The zero-order valence-electron chi connectivity index (χ0n) is 14.6. The molecular weight excluding hydrogens is 324 g/mol. The molecule has 1 aromatic heterocycles. The molecule has 0 fully saturated rings. The quantitative estimate of drug-likeness (QED) is 0.743. The van der Waals surface area contributed by atoms with Crippen LogP contribution in [-0.2, 0) is 11.8 Å². The lowest BCUT2D eigenvalue weighted by molar-refractivity contribution is -0.118. The van der Waals surface area contributed by atoms with E-state index in [1.165, 1.54) is 11.8 Å². The summed E-state index contributed by atoms with van der Waals surface area (Å²) < 4.78 is 7.25. The molecule has 0 saturated heterocycles. The number of thioether (sulfide) groups is 1. The number of carbonyl (C=O) groups is 1. The Labute approximate surface area is 147 Å². The second kappa shape index (κ2) is 8.73. The predicted molar refractivity (Wildman–Crippen MR) is 96.2 cm³/mol. The van der Waals surface area contributed by atoms with E-state index in [9.17, 15) is 4.79 Å². The highest BCUT2D eigenvalue weighted by molar-refractivity contribution is 7.99. The van der Waals surface area contributed by atoms with Gasteiger partial charge in [0, 0.05) is 13.6 Å². The van der Waals surface area contributed by atoms with E-state index in [1.54, 1.807) is 7.11 Å². The Balaban J connectivity index is 1.99. The summed E-state index contributed by atoms with van der Waals surface area (Å²) in [4.78, 5) is 11.9. The smallest absolute Gasteiger partial charge is 0.230 e. The maximum Gasteiger partial charge on any atom is 0.230 e. The van der Waals surface area contributed by atoms with E-state index in [-0.39, 0.29) is 5.91 Å². The summed E-state index contributed by atoms with van der Waals surface area (Å²) >= 11 is 1.38. The molecule has 0 aliphatic heterocycles. The molecule has 0 spiro atoms. The Morgan fingerprint density at radius 2 is 2.08 bits per heavy atom. The first kappa shape index (κ1) is 18.3. The summed E-state index contributed by atoms with van der Waals surface area (Å²) in [5.74, 6) is 2.39. The summed E-state index contributed by atoms with van der Waals surface area (Å²) in [5.41, 5.74) is 0.878. The maximum atomic E-state index is 11.9. The van der Waals surface area contributed by atoms with Crippen molar-refractivity contribution in [2.45, 2.75) is 25.4 Å². The Morgan fingerprint density at radius 1 is 1.33 bits per heavy atom. The zero-order chi connectivity index (χ0) is 17.5. The molecule has 24 heavy (non-hydrogen) atoms. The van der Waals surface area contributed by atoms with Crippen LogP contribution in [0.3, 0.4) is 0 Å². The first-order valence-corrected chi connectivity index (χ1v) is 8.93. The molecule has 2 aromatic rings. The Bertz CT molecular complexity index is 685. The number of carbonyl (C=O) groups excluding carboxylic acids is 1. The van der Waals surface area contributed by atoms with Gasteiger partial charge in [0.2, 0.25) is 5.91 Å². The first-order valence-electron chi connectivity index (χ1n) is 7.95. The van der Waals surface area contributed by atoms with Crippen molar-refractivity contribution in [1.29, 1.82) is 0 Å². The molecule has 2 rings (SSSR count). The van der Waals surface area contributed by atoms with Crippen LogP contribution < -0.4 is 10.1 Å². The van der Waals surface area contributed by atoms with Gasteiger partial charge in [-0.05, 0) is 24.5 Å². The van der Waals surface area contributed by atoms with Crippen LogP contribution in [0.15, 0.2) is 29.4 Å². The van der Waals surface area contributed by atoms with Crippen molar-refractivity contribution >= 4 is 17.7 Å². The molecule has 1 aromatic carbocycles. The van der Waals surface area contributed by atoms with Crippen LogP contribution in [0.2, 0.25) is 0 Å². The van der Waals surface area contributed by atoms with Crippen molar-refractivity contribution in [2.24, 2.45) is 13.0 Å². The summed E-state index contributed by atoms with van der Waals surface area (Å²) in [6, 6.07) is 7.67. The number of amides is 1. The number of aromatic nitrogens is 3. The van der Waals surface area contributed by atoms with Crippen LogP contribution in [0.5, 0.6) is 5.75 Å². The number of para-hydroxylation sites is 1. The van der Waals surface area contributed by atoms with E-state index in [0.717, 1.165) is 23.6 Å². The van der Waals surface area contributed by atoms with Crippen LogP contribution in [0.1, 0.15) is 20.3 Å². The van der Waals surface area contributed by atoms with Gasteiger partial charge in [0.1, 0.15) is 5.75 Å². The van der Waals surface area contributed by atoms with Crippen LogP contribution in [-0.4, -0.2) is 40.1 Å². The number of methoxy groups -OCH3 is 1. The van der Waals surface area contributed by atoms with Gasteiger partial charge in [0.15, 0.2) is 11.0 Å². The van der Waals surface area contributed by atoms with E-state index < -0.39 is 0 Å². The number of hydrogen-bond donors (Lipinski definition) is 1. The number of nitrogens with zero attached hydrogens (tertiary/aromatic N) is 3. The van der Waals surface area contributed by atoms with E-state index in [1.807, 2.05) is 35.9 Å². The van der Waals surface area contributed by atoms with Crippen molar-refractivity contribution in [3.8, 4) is 17.1 Å². The highest BCUT2D eigenvalue weighted by Crippen LogP contribution is 2.29. The zero-order valence-corrected chi connectivity index (χ0v) is 15.4. The van der Waals surface area contributed by atoms with Crippen LogP contribution in [0.4, 0.5) is 0 Å². The van der Waals surface area contributed by atoms with Gasteiger partial charge in [0.05, 0.1) is 18.4 Å². The van der Waals surface area contributed by atoms with E-state index in [2.05, 4.69) is 29.4 Å². The molecule has 0 aliphatic rings. The maximum absolute atomic E-state index is 11.9. The number of benzene rings is 1. The predicted octanol–water partition coefficient (Wildman–Crippen LogP) is 2.75. The fourth-order valence-electron chi connectivity index (χ4n) is 2.19. The van der Waals surface area contributed by atoms with Crippen molar-refractivity contribution in [2.75, 3.05) is 19.4 Å². The second-order valence-electron chi connectivity index (χ2n) is 5.89. The molecule has 0 saturated carbocycles. The number of hydrogen-bond acceptors (Lipinski definition) is 5. The average Bonchev–Trinajstić information content (AvgIpc) is 2.93. The first-order chi connectivity index (χ1) is 11.5. The van der Waals surface area contributed by atoms with Crippen LogP contribution >= 0.6 is 11.8 Å². The van der Waals surface area contributed by atoms with Gasteiger partial charge >= 0.3 is 0 Å². The standard InChI is InChI=1S/C17H24N4O2S/c1-12(2)9-10-18-15(22)11-24-17-20-19-16(21(17)3)13-7-5-6-8-14(13)23-4/h5-8,12H,9-11H2,1-4H3,(H,18,22). The van der Waals surface area contributed by atoms with Crippen molar-refractivity contribution in [3.05, 3.63) is 24.3 Å². The lowest BCUT2D eigenvalue weighted by Gasteiger charge is -2.08. The number of nitrogens with one attached hydrogen (secondary N) is 1. The molecule has 130 valence electrons. The fraction of sp³-hybridized carbons (Fsp3) is 0.471. The van der Waals surface area contributed by atoms with Gasteiger partial charge in [-0.2, -0.15) is 0 Å². The molecule has 0 aliphatic carbocycles. The molecule has 1 amide bonds. The van der Waals surface area contributed by atoms with Gasteiger partial charge in [0.25, 0.3) is 0 Å². The van der Waals surface area contributed by atoms with Gasteiger partial charge in [-0.15, -0.1) is 10.2 Å². The van der Waals surface area contributed by atoms with Crippen molar-refractivity contribution in [3.63, 3.8) is 0 Å². The minimum absolute atomic E-state index is 0.0162. The van der Waals surface area contributed by atoms with Crippen molar-refractivity contribution in [1.82, 2.24) is 20.1 Å². The van der Waals surface area contributed by atoms with Gasteiger partial charge in [-0.1, -0.05) is 37.7 Å². The van der Waals surface area contributed by atoms with Gasteiger partial charge in [-0.3, -0.25) is 4.79 Å². The van der Waals surface area contributed by atoms with Crippen LogP contribution in [0, 0.1) is 5.92 Å². The van der Waals surface area contributed by atoms with E-state index >= 15 is 0 Å². The molecule has 0 unspecified atom stereocenters. The Morgan fingerprint density at radius 3 is 2.79 bits per heavy atom. The Kier molecular flexibility index (Phi) is 6.66. The summed E-state index contributed by atoms with van der Waals surface area (Å²) in [6.45, 7) is 4.99. The van der Waals surface area contributed by atoms with Crippen LogP contribution in [0.25, 0.3) is 11.4 Å². The third-order valence-corrected chi connectivity index (χ3v) is 4.58. The minimum atomic E-state index is 0.0162. The molecule has 7 heteroatoms. The third-order valence-electron chi connectivity index (χ3n) is 3.56. The number of rotatable bonds is 8. The van der Waals surface area contributed by atoms with Gasteiger partial charge < -0.3 is 14.6 Å². The monoisotopic (exact) mass is 348 g/mol. The summed E-state index contributed by atoms with van der Waals surface area (Å²) in [6.07, 6.45) is 0.984. The third kappa shape index (κ3) is 4.74. The molecular formula is C17H24N4O2S. The SMILES string of the molecule is COc1ccccc1-c1nnc(SCC(=O)NCCC(C)C)n1C. The Hall–Kier alpha value is -2.02. The van der Waals surface area contributed by atoms with E-state index in [0.29, 0.717) is 23.4 Å². The van der Waals surface area contributed by atoms with E-state index in [4.69, 9.17) is 4.74 Å². The summed E-state index contributed by atoms with van der Waals surface area (Å²) in [5, 5.41) is 12.1. The number of ether oxygens (including phenoxy) is 1. The van der Waals surface area contributed by atoms with Crippen molar-refractivity contribution < 1.29 is 9.53 Å². The highest BCUT2D eigenvalue weighted by atomic mass is 32.2. The average molecular weight is 348 g/mol. The molecule has 1 N–H and O–H groups in total. The summed E-state index contributed by atoms with van der Waals surface area (Å²) in [7, 11) is 3.52. The topological polar surface area (TPSA) is 69.0 Å². The lowest BCUT2D eigenvalue weighted by atomic mass is 10.1. The molecule has 0 bridgehead atoms. The molecule has 0 atom stereocenters. The second-order valence-corrected chi connectivity index (χ2v) is 6.83. The largest absolute Gasteiger partial charge is 0.496 e. The normalized spacial score (nSPS) is 10.9. The minimum Gasteiger partial charge on any atom is -0.496 e.